The molecule has 0 aliphatic carbocycles. The molecular formula is C12H22O2. The lowest BCUT2D eigenvalue weighted by molar-refractivity contribution is -0.0918. The first kappa shape index (κ1) is 13.5. The van der Waals surface area contributed by atoms with Crippen molar-refractivity contribution in [3.8, 4) is 11.8 Å². The molecule has 0 aromatic rings. The Kier molecular flexibility index (Phi) is 4.64. The summed E-state index contributed by atoms with van der Waals surface area (Å²) in [5.41, 5.74) is -0.164. The third-order valence-electron chi connectivity index (χ3n) is 2.58. The maximum absolute atomic E-state index is 9.07. The van der Waals surface area contributed by atoms with Gasteiger partial charge in [-0.15, -0.1) is 0 Å². The Labute approximate surface area is 87.3 Å². The lowest BCUT2D eigenvalue weighted by atomic mass is 9.78. The molecule has 0 spiro atoms. The van der Waals surface area contributed by atoms with E-state index in [1.54, 1.807) is 0 Å². The second kappa shape index (κ2) is 4.82. The standard InChI is InChI=1S/C12H22O2/c1-6-7-10(2)11(3,4)8-9-12(5,13)14/h10,13-14H,6-7H2,1-5H3. The first-order valence-corrected chi connectivity index (χ1v) is 5.18. The quantitative estimate of drug-likeness (QED) is 0.539. The van der Waals surface area contributed by atoms with Crippen LogP contribution in [0.15, 0.2) is 0 Å². The molecule has 0 saturated carbocycles. The molecule has 1 unspecified atom stereocenters. The van der Waals surface area contributed by atoms with E-state index in [9.17, 15) is 0 Å². The van der Waals surface area contributed by atoms with Gasteiger partial charge < -0.3 is 10.2 Å². The van der Waals surface area contributed by atoms with Gasteiger partial charge in [0.15, 0.2) is 0 Å². The Morgan fingerprint density at radius 1 is 1.14 bits per heavy atom. The largest absolute Gasteiger partial charge is 0.356 e. The smallest absolute Gasteiger partial charge is 0.225 e. The van der Waals surface area contributed by atoms with Gasteiger partial charge in [0.25, 0.3) is 0 Å². The molecular weight excluding hydrogens is 176 g/mol. The van der Waals surface area contributed by atoms with Gasteiger partial charge in [-0.05, 0) is 32.1 Å². The van der Waals surface area contributed by atoms with E-state index in [0.717, 1.165) is 12.8 Å². The van der Waals surface area contributed by atoms with E-state index in [-0.39, 0.29) is 5.41 Å². The van der Waals surface area contributed by atoms with Crippen LogP contribution in [0.3, 0.4) is 0 Å². The van der Waals surface area contributed by atoms with Crippen LogP contribution >= 0.6 is 0 Å². The highest BCUT2D eigenvalue weighted by atomic mass is 16.5. The molecule has 2 nitrogen and oxygen atoms in total. The van der Waals surface area contributed by atoms with E-state index in [0.29, 0.717) is 5.92 Å². The lowest BCUT2D eigenvalue weighted by Gasteiger charge is -2.26. The summed E-state index contributed by atoms with van der Waals surface area (Å²) in [4.78, 5) is 0. The monoisotopic (exact) mass is 198 g/mol. The topological polar surface area (TPSA) is 40.5 Å². The highest BCUT2D eigenvalue weighted by Crippen LogP contribution is 2.29. The van der Waals surface area contributed by atoms with Gasteiger partial charge in [-0.1, -0.05) is 26.2 Å². The highest BCUT2D eigenvalue weighted by Gasteiger charge is 2.23. The zero-order valence-electron chi connectivity index (χ0n) is 9.89. The maximum Gasteiger partial charge on any atom is 0.225 e. The van der Waals surface area contributed by atoms with Crippen molar-refractivity contribution in [2.45, 2.75) is 53.2 Å². The zero-order valence-corrected chi connectivity index (χ0v) is 9.89. The Bertz CT molecular complexity index is 225. The first-order chi connectivity index (χ1) is 6.19. The summed E-state index contributed by atoms with van der Waals surface area (Å²) in [6, 6.07) is 0. The fourth-order valence-electron chi connectivity index (χ4n) is 1.20. The van der Waals surface area contributed by atoms with Gasteiger partial charge in [0.05, 0.1) is 0 Å². The molecule has 0 aromatic carbocycles. The van der Waals surface area contributed by atoms with Crippen molar-refractivity contribution in [3.63, 3.8) is 0 Å². The van der Waals surface area contributed by atoms with E-state index >= 15 is 0 Å². The average molecular weight is 198 g/mol. The third kappa shape index (κ3) is 5.26. The number of hydrogen-bond acceptors (Lipinski definition) is 2. The molecule has 0 aliphatic heterocycles. The van der Waals surface area contributed by atoms with Crippen LogP contribution in [0.25, 0.3) is 0 Å². The minimum Gasteiger partial charge on any atom is -0.356 e. The SMILES string of the molecule is CCCC(C)C(C)(C)C#CC(C)(O)O. The Morgan fingerprint density at radius 3 is 2.00 bits per heavy atom. The van der Waals surface area contributed by atoms with Crippen LogP contribution in [0.1, 0.15) is 47.5 Å². The predicted octanol–water partition coefficient (Wildman–Crippen LogP) is 2.15. The van der Waals surface area contributed by atoms with E-state index in [4.69, 9.17) is 10.2 Å². The van der Waals surface area contributed by atoms with Crippen LogP contribution in [-0.2, 0) is 0 Å². The predicted molar refractivity (Wildman–Crippen MR) is 58.5 cm³/mol. The molecule has 0 aliphatic rings. The van der Waals surface area contributed by atoms with Crippen LogP contribution in [-0.4, -0.2) is 16.0 Å². The fraction of sp³-hybridized carbons (Fsp3) is 0.833. The van der Waals surface area contributed by atoms with E-state index in [2.05, 4.69) is 25.7 Å². The number of rotatable bonds is 3. The van der Waals surface area contributed by atoms with E-state index in [1.807, 2.05) is 13.8 Å². The van der Waals surface area contributed by atoms with E-state index in [1.165, 1.54) is 6.92 Å². The molecule has 0 bridgehead atoms. The maximum atomic E-state index is 9.07. The van der Waals surface area contributed by atoms with E-state index < -0.39 is 5.79 Å². The fourth-order valence-corrected chi connectivity index (χ4v) is 1.20. The van der Waals surface area contributed by atoms with Crippen molar-refractivity contribution in [1.82, 2.24) is 0 Å². The molecule has 0 saturated heterocycles. The van der Waals surface area contributed by atoms with Crippen LogP contribution in [0.5, 0.6) is 0 Å². The minimum atomic E-state index is -1.87. The number of hydrogen-bond donors (Lipinski definition) is 2. The minimum absolute atomic E-state index is 0.164. The molecule has 0 aromatic heterocycles. The number of aliphatic hydroxyl groups is 2. The van der Waals surface area contributed by atoms with Crippen molar-refractivity contribution in [2.75, 3.05) is 0 Å². The second-order valence-electron chi connectivity index (χ2n) is 4.68. The molecule has 0 fully saturated rings. The summed E-state index contributed by atoms with van der Waals surface area (Å²) >= 11 is 0. The van der Waals surface area contributed by atoms with Crippen molar-refractivity contribution in [2.24, 2.45) is 11.3 Å². The Balaban J connectivity index is 4.52. The van der Waals surface area contributed by atoms with Crippen molar-refractivity contribution in [1.29, 1.82) is 0 Å². The van der Waals surface area contributed by atoms with Crippen LogP contribution in [0, 0.1) is 23.2 Å². The van der Waals surface area contributed by atoms with Crippen molar-refractivity contribution >= 4 is 0 Å². The van der Waals surface area contributed by atoms with Gasteiger partial charge in [-0.2, -0.15) is 0 Å². The third-order valence-corrected chi connectivity index (χ3v) is 2.58. The van der Waals surface area contributed by atoms with Gasteiger partial charge in [0, 0.05) is 12.3 Å². The molecule has 82 valence electrons. The van der Waals surface area contributed by atoms with Gasteiger partial charge in [-0.25, -0.2) is 0 Å². The normalized spacial score (nSPS) is 14.5. The van der Waals surface area contributed by atoms with Gasteiger partial charge >= 0.3 is 0 Å². The van der Waals surface area contributed by atoms with Crippen molar-refractivity contribution in [3.05, 3.63) is 0 Å². The van der Waals surface area contributed by atoms with Crippen molar-refractivity contribution < 1.29 is 10.2 Å². The highest BCUT2D eigenvalue weighted by molar-refractivity contribution is 5.14. The molecule has 1 atom stereocenters. The molecule has 14 heavy (non-hydrogen) atoms. The van der Waals surface area contributed by atoms with Gasteiger partial charge in [0.1, 0.15) is 0 Å². The lowest BCUT2D eigenvalue weighted by Crippen LogP contribution is -2.24. The molecule has 2 N–H and O–H groups in total. The Hall–Kier alpha value is -0.520. The first-order valence-electron chi connectivity index (χ1n) is 5.18. The zero-order chi connectivity index (χ0) is 11.4. The summed E-state index contributed by atoms with van der Waals surface area (Å²) in [6.07, 6.45) is 2.23. The summed E-state index contributed by atoms with van der Waals surface area (Å²) in [5.74, 6) is 3.98. The van der Waals surface area contributed by atoms with Crippen LogP contribution in [0.2, 0.25) is 0 Å². The molecule has 0 amide bonds. The molecule has 0 radical (unpaired) electrons. The molecule has 0 rings (SSSR count). The summed E-state index contributed by atoms with van der Waals surface area (Å²) in [5, 5.41) is 18.1. The average Bonchev–Trinajstić information content (AvgIpc) is 2.00. The second-order valence-corrected chi connectivity index (χ2v) is 4.68. The Morgan fingerprint density at radius 2 is 1.64 bits per heavy atom. The summed E-state index contributed by atoms with van der Waals surface area (Å²) in [7, 11) is 0. The van der Waals surface area contributed by atoms with Crippen LogP contribution in [0.4, 0.5) is 0 Å². The summed E-state index contributed by atoms with van der Waals surface area (Å²) in [6.45, 7) is 9.63. The van der Waals surface area contributed by atoms with Gasteiger partial charge in [0.2, 0.25) is 5.79 Å². The molecule has 0 heterocycles. The summed E-state index contributed by atoms with van der Waals surface area (Å²) < 4.78 is 0. The van der Waals surface area contributed by atoms with Gasteiger partial charge in [-0.3, -0.25) is 0 Å². The molecule has 2 heteroatoms. The van der Waals surface area contributed by atoms with Crippen LogP contribution < -0.4 is 0 Å².